The number of hydrogen-bond donors (Lipinski definition) is 0. The fraction of sp³-hybridized carbons (Fsp3) is 0.192. The Hall–Kier alpha value is -5.87. The molecular weight excluding hydrogens is 698 g/mol. The van der Waals surface area contributed by atoms with Gasteiger partial charge in [-0.2, -0.15) is 13.2 Å². The average Bonchev–Trinajstić information content (AvgIpc) is 3.16. The predicted molar refractivity (Wildman–Crippen MR) is 231 cm³/mol. The molecule has 0 aliphatic rings. The Kier molecular flexibility index (Phi) is 15.4. The second-order valence-electron chi connectivity index (χ2n) is 14.5. The first kappa shape index (κ1) is 42.9. The fourth-order valence-corrected chi connectivity index (χ4v) is 5.72. The Morgan fingerprint density at radius 2 is 0.607 bits per heavy atom. The molecule has 7 rings (SSSR count). The molecule has 0 aliphatic heterocycles. The highest BCUT2D eigenvalue weighted by molar-refractivity contribution is 5.72. The molecule has 0 fully saturated rings. The van der Waals surface area contributed by atoms with Crippen LogP contribution in [0.2, 0.25) is 0 Å². The summed E-state index contributed by atoms with van der Waals surface area (Å²) in [6.07, 6.45) is -4.33. The van der Waals surface area contributed by atoms with Crippen LogP contribution in [-0.4, -0.2) is 0 Å². The van der Waals surface area contributed by atoms with Gasteiger partial charge in [-0.3, -0.25) is 0 Å². The van der Waals surface area contributed by atoms with E-state index in [0.29, 0.717) is 11.1 Å². The molecular formula is C52H53F3O. The highest BCUT2D eigenvalue weighted by atomic mass is 19.4. The monoisotopic (exact) mass is 750 g/mol. The third kappa shape index (κ3) is 13.8. The van der Waals surface area contributed by atoms with Crippen LogP contribution >= 0.6 is 0 Å². The third-order valence-electron chi connectivity index (χ3n) is 9.08. The minimum Gasteiger partial charge on any atom is -0.457 e. The Balaban J connectivity index is 0.000000172. The van der Waals surface area contributed by atoms with Crippen molar-refractivity contribution in [2.75, 3.05) is 0 Å². The van der Waals surface area contributed by atoms with Gasteiger partial charge < -0.3 is 4.74 Å². The highest BCUT2D eigenvalue weighted by Gasteiger charge is 2.34. The zero-order valence-electron chi connectivity index (χ0n) is 34.1. The minimum atomic E-state index is -4.33. The lowest BCUT2D eigenvalue weighted by atomic mass is 9.93. The molecule has 7 aromatic carbocycles. The van der Waals surface area contributed by atoms with Gasteiger partial charge in [0.15, 0.2) is 0 Å². The van der Waals surface area contributed by atoms with Gasteiger partial charge in [-0.05, 0) is 120 Å². The first-order valence-corrected chi connectivity index (χ1v) is 18.8. The van der Waals surface area contributed by atoms with E-state index in [0.717, 1.165) is 22.6 Å². The zero-order valence-corrected chi connectivity index (χ0v) is 34.1. The Morgan fingerprint density at radius 3 is 0.946 bits per heavy atom. The summed E-state index contributed by atoms with van der Waals surface area (Å²) in [7, 11) is 0. The maximum atomic E-state index is 13.1. The van der Waals surface area contributed by atoms with Crippen molar-refractivity contribution in [1.82, 2.24) is 0 Å². The number of hydrogen-bond acceptors (Lipinski definition) is 1. The molecule has 1 nitrogen and oxygen atoms in total. The van der Waals surface area contributed by atoms with Crippen molar-refractivity contribution < 1.29 is 17.9 Å². The number of ether oxygens (including phenoxy) is 1. The number of rotatable bonds is 4. The summed E-state index contributed by atoms with van der Waals surface area (Å²) in [5, 5.41) is 0. The van der Waals surface area contributed by atoms with Crippen molar-refractivity contribution in [1.29, 1.82) is 0 Å². The van der Waals surface area contributed by atoms with Gasteiger partial charge in [-0.15, -0.1) is 0 Å². The molecule has 0 unspecified atom stereocenters. The van der Waals surface area contributed by atoms with Crippen LogP contribution in [0.3, 0.4) is 0 Å². The Morgan fingerprint density at radius 1 is 0.321 bits per heavy atom. The fourth-order valence-electron chi connectivity index (χ4n) is 5.72. The van der Waals surface area contributed by atoms with Crippen LogP contribution in [0.25, 0.3) is 22.3 Å². The molecule has 0 aliphatic carbocycles. The zero-order chi connectivity index (χ0) is 40.8. The summed E-state index contributed by atoms with van der Waals surface area (Å²) >= 11 is 0. The van der Waals surface area contributed by atoms with Crippen LogP contribution in [0.15, 0.2) is 158 Å². The van der Waals surface area contributed by atoms with Crippen LogP contribution < -0.4 is 4.74 Å². The van der Waals surface area contributed by atoms with Crippen molar-refractivity contribution in [3.8, 4) is 33.8 Å². The molecule has 4 heteroatoms. The van der Waals surface area contributed by atoms with E-state index in [1.54, 1.807) is 25.1 Å². The van der Waals surface area contributed by atoms with Gasteiger partial charge >= 0.3 is 6.18 Å². The molecule has 0 N–H and O–H groups in total. The maximum Gasteiger partial charge on any atom is 0.417 e. The molecule has 7 aromatic rings. The van der Waals surface area contributed by atoms with E-state index in [-0.39, 0.29) is 5.56 Å². The lowest BCUT2D eigenvalue weighted by Crippen LogP contribution is -2.08. The van der Waals surface area contributed by atoms with E-state index < -0.39 is 11.7 Å². The van der Waals surface area contributed by atoms with Crippen LogP contribution in [0.1, 0.15) is 55.6 Å². The second kappa shape index (κ2) is 20.2. The quantitative estimate of drug-likeness (QED) is 0.174. The molecule has 0 spiro atoms. The van der Waals surface area contributed by atoms with E-state index in [1.165, 1.54) is 50.6 Å². The molecule has 56 heavy (non-hydrogen) atoms. The molecule has 0 amide bonds. The first-order valence-electron chi connectivity index (χ1n) is 18.8. The highest BCUT2D eigenvalue weighted by Crippen LogP contribution is 2.39. The van der Waals surface area contributed by atoms with Crippen molar-refractivity contribution >= 4 is 0 Å². The summed E-state index contributed by atoms with van der Waals surface area (Å²) in [5.41, 5.74) is 13.2. The maximum absolute atomic E-state index is 13.1. The lowest BCUT2D eigenvalue weighted by molar-refractivity contribution is -0.137. The van der Waals surface area contributed by atoms with E-state index in [9.17, 15) is 13.2 Å². The standard InChI is InChI=1S/C16H15F3.C14H14O.C14H14.C8H10/c1-10-4-6-13(12(3)8-10)14-7-5-11(2)9-15(14)16(17,18)19;1-11-3-7-13(8-4-11)15-14-9-5-12(2)6-10-14;1-11-3-7-13(8-4-11)14-9-5-12(2)6-10-14;1-7-3-5-8(2)6-4-7/h4-9H,1-3H3;3-10H,1-2H3;3-10H,1-2H3;3-6H,1-2H3. The smallest absolute Gasteiger partial charge is 0.417 e. The van der Waals surface area contributed by atoms with E-state index in [2.05, 4.69) is 114 Å². The van der Waals surface area contributed by atoms with Crippen LogP contribution in [0.5, 0.6) is 11.5 Å². The summed E-state index contributed by atoms with van der Waals surface area (Å²) in [4.78, 5) is 0. The van der Waals surface area contributed by atoms with Gasteiger partial charge in [-0.25, -0.2) is 0 Å². The number of aryl methyl sites for hydroxylation is 9. The van der Waals surface area contributed by atoms with Gasteiger partial charge in [0.2, 0.25) is 0 Å². The molecule has 0 aromatic heterocycles. The van der Waals surface area contributed by atoms with Crippen molar-refractivity contribution in [3.05, 3.63) is 213 Å². The molecule has 0 bridgehead atoms. The summed E-state index contributed by atoms with van der Waals surface area (Å²) in [5.74, 6) is 1.76. The van der Waals surface area contributed by atoms with Crippen molar-refractivity contribution in [2.24, 2.45) is 0 Å². The third-order valence-corrected chi connectivity index (χ3v) is 9.08. The molecule has 288 valence electrons. The Bertz CT molecular complexity index is 2140. The number of benzene rings is 7. The van der Waals surface area contributed by atoms with Gasteiger partial charge in [0.25, 0.3) is 0 Å². The molecule has 0 radical (unpaired) electrons. The van der Waals surface area contributed by atoms with E-state index >= 15 is 0 Å². The van der Waals surface area contributed by atoms with Gasteiger partial charge in [0, 0.05) is 0 Å². The van der Waals surface area contributed by atoms with E-state index in [1.807, 2.05) is 74.5 Å². The molecule has 0 saturated carbocycles. The van der Waals surface area contributed by atoms with Gasteiger partial charge in [0.1, 0.15) is 11.5 Å². The number of alkyl halides is 3. The van der Waals surface area contributed by atoms with Crippen molar-refractivity contribution in [2.45, 2.75) is 68.5 Å². The summed E-state index contributed by atoms with van der Waals surface area (Å²) < 4.78 is 45.1. The molecule has 0 atom stereocenters. The first-order chi connectivity index (χ1) is 26.6. The lowest BCUT2D eigenvalue weighted by Gasteiger charge is -2.16. The minimum absolute atomic E-state index is 0.246. The summed E-state index contributed by atoms with van der Waals surface area (Å²) in [6, 6.07) is 51.8. The molecule has 0 heterocycles. The van der Waals surface area contributed by atoms with Gasteiger partial charge in [-0.1, -0.05) is 172 Å². The number of halogens is 3. The largest absolute Gasteiger partial charge is 0.457 e. The Labute approximate surface area is 332 Å². The topological polar surface area (TPSA) is 9.23 Å². The van der Waals surface area contributed by atoms with Crippen LogP contribution in [0.4, 0.5) is 13.2 Å². The van der Waals surface area contributed by atoms with Crippen LogP contribution in [-0.2, 0) is 6.18 Å². The SMILES string of the molecule is Cc1ccc(-c2ccc(C)cc2)cc1.Cc1ccc(-c2ccc(C)cc2C(F)(F)F)c(C)c1.Cc1ccc(C)cc1.Cc1ccc(Oc2ccc(C)cc2)cc1. The normalized spacial score (nSPS) is 10.5. The second-order valence-corrected chi connectivity index (χ2v) is 14.5. The predicted octanol–water partition coefficient (Wildman–Crippen LogP) is 15.7. The summed E-state index contributed by atoms with van der Waals surface area (Å²) in [6.45, 7) is 18.0. The van der Waals surface area contributed by atoms with Crippen LogP contribution in [0, 0.1) is 62.3 Å². The van der Waals surface area contributed by atoms with E-state index in [4.69, 9.17) is 4.74 Å². The average molecular weight is 751 g/mol. The van der Waals surface area contributed by atoms with Gasteiger partial charge in [0.05, 0.1) is 5.56 Å². The molecule has 0 saturated heterocycles. The van der Waals surface area contributed by atoms with Crippen molar-refractivity contribution in [3.63, 3.8) is 0 Å².